The van der Waals surface area contributed by atoms with Crippen LogP contribution in [0.2, 0.25) is 0 Å². The molecule has 5 rings (SSSR count). The smallest absolute Gasteiger partial charge is 0.275 e. The second kappa shape index (κ2) is 13.2. The van der Waals surface area contributed by atoms with Crippen LogP contribution in [0.5, 0.6) is 5.75 Å². The average molecular weight is 597 g/mol. The molecule has 2 unspecified atom stereocenters. The molecule has 13 heteroatoms. The number of piperazine rings is 1. The van der Waals surface area contributed by atoms with Gasteiger partial charge in [-0.1, -0.05) is 15.2 Å². The van der Waals surface area contributed by atoms with Crippen LogP contribution in [0.1, 0.15) is 29.8 Å². The van der Waals surface area contributed by atoms with Gasteiger partial charge in [0, 0.05) is 75.8 Å². The molecule has 12 nitrogen and oxygen atoms in total. The van der Waals surface area contributed by atoms with Crippen LogP contribution in [-0.2, 0) is 4.79 Å². The van der Waals surface area contributed by atoms with Gasteiger partial charge >= 0.3 is 0 Å². The van der Waals surface area contributed by atoms with Crippen LogP contribution in [0, 0.1) is 0 Å². The maximum Gasteiger partial charge on any atom is 0.275 e. The monoisotopic (exact) mass is 596 g/mol. The van der Waals surface area contributed by atoms with Gasteiger partial charge in [-0.25, -0.2) is 4.98 Å². The van der Waals surface area contributed by atoms with Crippen LogP contribution in [0.15, 0.2) is 35.6 Å². The van der Waals surface area contributed by atoms with Gasteiger partial charge in [0.05, 0.1) is 12.8 Å². The van der Waals surface area contributed by atoms with E-state index in [1.807, 2.05) is 18.2 Å². The molecule has 226 valence electrons. The van der Waals surface area contributed by atoms with Gasteiger partial charge in [-0.15, -0.1) is 0 Å². The summed E-state index contributed by atoms with van der Waals surface area (Å²) >= 11 is 0. The lowest BCUT2D eigenvalue weighted by molar-refractivity contribution is -0.124. The molecule has 0 aliphatic carbocycles. The van der Waals surface area contributed by atoms with Crippen molar-refractivity contribution in [2.45, 2.75) is 31.0 Å². The quantitative estimate of drug-likeness (QED) is 0.285. The minimum atomic E-state index is -0.749. The standard InChI is InChI=1S/C29H41N8O4P/c1-4-24(38)37-12-9-21(18-37)42-29-28(40)33-27(25(32-29)26(30)39)31-19-5-6-22(23(17-19)41-3)36-10-7-20(8-11-36)35-15-13-34(2)14-16-35/h4-6,17,20-21,42H,1,7-16,18H2,2-3H3,(H2,30,39)(H2,31,33,40). The number of nitrogens with one attached hydrogen (secondary N) is 2. The van der Waals surface area contributed by atoms with Crippen molar-refractivity contribution < 1.29 is 14.3 Å². The Balaban J connectivity index is 1.26. The lowest BCUT2D eigenvalue weighted by Crippen LogP contribution is -2.52. The number of carbonyl (C=O) groups is 2. The van der Waals surface area contributed by atoms with Gasteiger partial charge < -0.3 is 35.5 Å². The summed E-state index contributed by atoms with van der Waals surface area (Å²) in [6.45, 7) is 11.1. The Hall–Kier alpha value is -3.47. The number of nitrogens with zero attached hydrogens (tertiary/aromatic N) is 5. The molecule has 2 amide bonds. The Morgan fingerprint density at radius 1 is 1.14 bits per heavy atom. The molecule has 0 radical (unpaired) electrons. The summed E-state index contributed by atoms with van der Waals surface area (Å²) in [7, 11) is 3.86. The topological polar surface area (TPSA) is 140 Å². The third kappa shape index (κ3) is 6.77. The van der Waals surface area contributed by atoms with Crippen molar-refractivity contribution in [1.82, 2.24) is 24.7 Å². The van der Waals surface area contributed by atoms with Gasteiger partial charge in [-0.3, -0.25) is 19.3 Å². The number of primary amides is 1. The molecule has 3 saturated heterocycles. The zero-order valence-electron chi connectivity index (χ0n) is 24.4. The number of ether oxygens (including phenoxy) is 1. The Morgan fingerprint density at radius 3 is 2.55 bits per heavy atom. The number of benzene rings is 1. The van der Waals surface area contributed by atoms with Crippen molar-refractivity contribution in [3.05, 3.63) is 46.9 Å². The minimum Gasteiger partial charge on any atom is -0.495 e. The number of hydrogen-bond donors (Lipinski definition) is 3. The number of H-pyrrole nitrogens is 1. The van der Waals surface area contributed by atoms with Crippen molar-refractivity contribution in [3.8, 4) is 5.75 Å². The number of nitrogens with two attached hydrogens (primary N) is 1. The summed E-state index contributed by atoms with van der Waals surface area (Å²) in [5.74, 6) is -0.0368. The average Bonchev–Trinajstić information content (AvgIpc) is 3.47. The fourth-order valence-electron chi connectivity index (χ4n) is 6.04. The van der Waals surface area contributed by atoms with E-state index in [9.17, 15) is 14.4 Å². The Kier molecular flexibility index (Phi) is 9.45. The largest absolute Gasteiger partial charge is 0.495 e. The molecule has 3 aliphatic rings. The Bertz CT molecular complexity index is 1370. The van der Waals surface area contributed by atoms with E-state index < -0.39 is 5.91 Å². The molecular formula is C29H41N8O4P. The van der Waals surface area contributed by atoms with Crippen LogP contribution < -0.4 is 31.7 Å². The summed E-state index contributed by atoms with van der Waals surface area (Å²) in [6.07, 6.45) is 4.27. The lowest BCUT2D eigenvalue weighted by atomic mass is 10.0. The van der Waals surface area contributed by atoms with Crippen LogP contribution >= 0.6 is 8.58 Å². The molecule has 0 spiro atoms. The van der Waals surface area contributed by atoms with E-state index in [2.05, 4.69) is 43.6 Å². The van der Waals surface area contributed by atoms with Gasteiger partial charge in [-0.2, -0.15) is 0 Å². The van der Waals surface area contributed by atoms with Crippen LogP contribution in [0.25, 0.3) is 0 Å². The number of amides is 2. The third-order valence-corrected chi connectivity index (χ3v) is 9.96. The van der Waals surface area contributed by atoms with Crippen molar-refractivity contribution >= 4 is 43.0 Å². The summed E-state index contributed by atoms with van der Waals surface area (Å²) in [4.78, 5) is 53.4. The fourth-order valence-corrected chi connectivity index (χ4v) is 7.38. The van der Waals surface area contributed by atoms with Gasteiger partial charge in [0.25, 0.3) is 11.5 Å². The molecule has 4 N–H and O–H groups in total. The van der Waals surface area contributed by atoms with E-state index in [0.717, 1.165) is 64.2 Å². The zero-order valence-corrected chi connectivity index (χ0v) is 25.4. The second-order valence-corrected chi connectivity index (χ2v) is 12.8. The minimum absolute atomic E-state index is 0.0376. The van der Waals surface area contributed by atoms with Crippen molar-refractivity contribution in [3.63, 3.8) is 0 Å². The molecule has 4 heterocycles. The zero-order chi connectivity index (χ0) is 29.8. The number of anilines is 3. The molecule has 0 saturated carbocycles. The van der Waals surface area contributed by atoms with Gasteiger partial charge in [0.15, 0.2) is 5.69 Å². The first-order valence-corrected chi connectivity index (χ1v) is 15.6. The number of hydrogen-bond acceptors (Lipinski definition) is 9. The van der Waals surface area contributed by atoms with Gasteiger partial charge in [0.2, 0.25) is 5.91 Å². The van der Waals surface area contributed by atoms with Crippen molar-refractivity contribution in [1.29, 1.82) is 0 Å². The van der Waals surface area contributed by atoms with Crippen molar-refractivity contribution in [2.24, 2.45) is 5.73 Å². The molecule has 3 fully saturated rings. The van der Waals surface area contributed by atoms with E-state index in [-0.39, 0.29) is 42.7 Å². The van der Waals surface area contributed by atoms with E-state index >= 15 is 0 Å². The van der Waals surface area contributed by atoms with E-state index in [0.29, 0.717) is 30.6 Å². The first-order valence-electron chi connectivity index (χ1n) is 14.5. The normalized spacial score (nSPS) is 20.8. The predicted octanol–water partition coefficient (Wildman–Crippen LogP) is 0.928. The maximum atomic E-state index is 13.0. The van der Waals surface area contributed by atoms with E-state index in [4.69, 9.17) is 10.5 Å². The third-order valence-electron chi connectivity index (χ3n) is 8.47. The SMILES string of the molecule is C=CC(=O)N1CCC(Pc2nc(C(N)=O)c(Nc3ccc(N4CCC(N5CCN(C)CC5)CC4)c(OC)c3)[nH]c2=O)C1. The molecule has 3 aliphatic heterocycles. The number of piperidine rings is 1. The Morgan fingerprint density at radius 2 is 1.88 bits per heavy atom. The van der Waals surface area contributed by atoms with E-state index in [1.54, 1.807) is 12.0 Å². The first kappa shape index (κ1) is 30.0. The summed E-state index contributed by atoms with van der Waals surface area (Å²) in [5.41, 5.74) is 7.22. The number of likely N-dealkylation sites (N-methyl/N-ethyl adjacent to an activating group) is 1. The summed E-state index contributed by atoms with van der Waals surface area (Å²) in [5, 5.41) is 3.11. The molecule has 0 bridgehead atoms. The van der Waals surface area contributed by atoms with Gasteiger partial charge in [-0.05, 0) is 44.5 Å². The fraction of sp³-hybridized carbons (Fsp3) is 0.517. The number of likely N-dealkylation sites (tertiary alicyclic amines) is 1. The highest BCUT2D eigenvalue weighted by Crippen LogP contribution is 2.35. The van der Waals surface area contributed by atoms with Crippen LogP contribution in [0.3, 0.4) is 0 Å². The van der Waals surface area contributed by atoms with Crippen LogP contribution in [0.4, 0.5) is 17.2 Å². The summed E-state index contributed by atoms with van der Waals surface area (Å²) < 4.78 is 5.75. The highest BCUT2D eigenvalue weighted by atomic mass is 31.1. The van der Waals surface area contributed by atoms with E-state index in [1.165, 1.54) is 6.08 Å². The molecular weight excluding hydrogens is 555 g/mol. The lowest BCUT2D eigenvalue weighted by Gasteiger charge is -2.42. The second-order valence-electron chi connectivity index (χ2n) is 11.2. The molecule has 2 aromatic rings. The van der Waals surface area contributed by atoms with Crippen molar-refractivity contribution in [2.75, 3.05) is 76.7 Å². The highest BCUT2D eigenvalue weighted by Gasteiger charge is 2.29. The number of rotatable bonds is 9. The predicted molar refractivity (Wildman–Crippen MR) is 167 cm³/mol. The molecule has 1 aromatic carbocycles. The molecule has 42 heavy (non-hydrogen) atoms. The maximum absolute atomic E-state index is 13.0. The number of aromatic nitrogens is 2. The number of carbonyl (C=O) groups excluding carboxylic acids is 2. The Labute approximate surface area is 248 Å². The number of methoxy groups -OCH3 is 1. The summed E-state index contributed by atoms with van der Waals surface area (Å²) in [6, 6.07) is 6.36. The molecule has 1 aromatic heterocycles. The highest BCUT2D eigenvalue weighted by molar-refractivity contribution is 7.47. The number of aromatic amines is 1. The van der Waals surface area contributed by atoms with Crippen LogP contribution in [-0.4, -0.2) is 115 Å². The van der Waals surface area contributed by atoms with Gasteiger partial charge in [0.1, 0.15) is 17.0 Å². The first-order chi connectivity index (χ1) is 20.2. The molecule has 2 atom stereocenters.